The van der Waals surface area contributed by atoms with Gasteiger partial charge in [-0.05, 0) is 55.4 Å². The number of aromatic amines is 1. The number of fused-ring (bicyclic) bond motifs is 3. The Morgan fingerprint density at radius 3 is 2.72 bits per heavy atom. The van der Waals surface area contributed by atoms with E-state index in [1.54, 1.807) is 0 Å². The van der Waals surface area contributed by atoms with Gasteiger partial charge in [0.15, 0.2) is 0 Å². The maximum absolute atomic E-state index is 12.6. The molecule has 0 bridgehead atoms. The molecule has 1 unspecified atom stereocenters. The van der Waals surface area contributed by atoms with Gasteiger partial charge in [0.25, 0.3) is 0 Å². The molecule has 5 N–H and O–H groups in total. The lowest BCUT2D eigenvalue weighted by molar-refractivity contribution is -0.122. The van der Waals surface area contributed by atoms with Gasteiger partial charge in [-0.15, -0.1) is 0 Å². The first-order chi connectivity index (χ1) is 15.7. The monoisotopic (exact) mass is 427 g/mol. The molecule has 1 aliphatic carbocycles. The van der Waals surface area contributed by atoms with Crippen LogP contribution in [0.4, 0.5) is 5.69 Å². The molecule has 1 amide bonds. The third-order valence-corrected chi connectivity index (χ3v) is 6.35. The van der Waals surface area contributed by atoms with Crippen LogP contribution in [0.5, 0.6) is 0 Å². The normalized spacial score (nSPS) is 14.3. The van der Waals surface area contributed by atoms with E-state index >= 15 is 0 Å². The fourth-order valence-corrected chi connectivity index (χ4v) is 4.71. The van der Waals surface area contributed by atoms with Gasteiger partial charge >= 0.3 is 0 Å². The van der Waals surface area contributed by atoms with Gasteiger partial charge in [0.2, 0.25) is 5.91 Å². The summed E-state index contributed by atoms with van der Waals surface area (Å²) in [5, 5.41) is 8.83. The van der Waals surface area contributed by atoms with Gasteiger partial charge in [0.05, 0.1) is 11.6 Å². The number of aryl methyl sites for hydroxylation is 1. The summed E-state index contributed by atoms with van der Waals surface area (Å²) in [6.45, 7) is 1.16. The van der Waals surface area contributed by atoms with Crippen molar-refractivity contribution in [3.63, 3.8) is 0 Å². The molecular formula is C26H29N5O. The first-order valence-electron chi connectivity index (χ1n) is 11.4. The number of amides is 1. The number of benzene rings is 2. The summed E-state index contributed by atoms with van der Waals surface area (Å²) in [7, 11) is 0. The fourth-order valence-electron chi connectivity index (χ4n) is 4.71. The Balaban J connectivity index is 1.21. The molecule has 0 saturated heterocycles. The highest BCUT2D eigenvalue weighted by Gasteiger charge is 2.19. The summed E-state index contributed by atoms with van der Waals surface area (Å²) in [6.07, 6.45) is 6.93. The molecule has 0 radical (unpaired) electrons. The second-order valence-corrected chi connectivity index (χ2v) is 8.52. The number of hydrogen-bond acceptors (Lipinski definition) is 4. The summed E-state index contributed by atoms with van der Waals surface area (Å²) in [4.78, 5) is 20.7. The predicted molar refractivity (Wildman–Crippen MR) is 130 cm³/mol. The van der Waals surface area contributed by atoms with Gasteiger partial charge in [-0.2, -0.15) is 0 Å². The maximum atomic E-state index is 12.6. The third-order valence-electron chi connectivity index (χ3n) is 6.35. The fraction of sp³-hybridized carbons (Fsp3) is 0.308. The van der Waals surface area contributed by atoms with E-state index < -0.39 is 6.04 Å². The van der Waals surface area contributed by atoms with Gasteiger partial charge in [0, 0.05) is 47.0 Å². The van der Waals surface area contributed by atoms with Crippen molar-refractivity contribution in [1.29, 1.82) is 0 Å². The van der Waals surface area contributed by atoms with E-state index in [-0.39, 0.29) is 5.91 Å². The van der Waals surface area contributed by atoms with Crippen LogP contribution in [0.15, 0.2) is 54.7 Å². The highest BCUT2D eigenvalue weighted by molar-refractivity contribution is 5.93. The Morgan fingerprint density at radius 1 is 1.03 bits per heavy atom. The third kappa shape index (κ3) is 4.06. The lowest BCUT2D eigenvalue weighted by atomic mass is 9.92. The predicted octanol–water partition coefficient (Wildman–Crippen LogP) is 3.69. The number of H-pyrrole nitrogens is 1. The number of carbonyl (C=O) groups excluding carboxylic acids is 1. The lowest BCUT2D eigenvalue weighted by Gasteiger charge is -2.22. The summed E-state index contributed by atoms with van der Waals surface area (Å²) < 4.78 is 0. The Morgan fingerprint density at radius 2 is 1.81 bits per heavy atom. The Bertz CT molecular complexity index is 1260. The zero-order valence-corrected chi connectivity index (χ0v) is 18.2. The Labute approximate surface area is 187 Å². The first-order valence-corrected chi connectivity index (χ1v) is 11.4. The molecule has 0 saturated carbocycles. The van der Waals surface area contributed by atoms with E-state index in [4.69, 9.17) is 10.7 Å². The summed E-state index contributed by atoms with van der Waals surface area (Å²) in [6, 6.07) is 15.8. The minimum atomic E-state index is -0.580. The van der Waals surface area contributed by atoms with Crippen molar-refractivity contribution in [1.82, 2.24) is 15.3 Å². The number of anilines is 1. The van der Waals surface area contributed by atoms with Crippen LogP contribution in [0, 0.1) is 0 Å². The second-order valence-electron chi connectivity index (χ2n) is 8.52. The average molecular weight is 428 g/mol. The van der Waals surface area contributed by atoms with Crippen LogP contribution in [-0.2, 0) is 24.1 Å². The van der Waals surface area contributed by atoms with E-state index in [0.29, 0.717) is 19.5 Å². The average Bonchev–Trinajstić information content (AvgIpc) is 3.23. The number of nitrogens with one attached hydrogen (secondary N) is 3. The van der Waals surface area contributed by atoms with E-state index in [0.717, 1.165) is 40.2 Å². The van der Waals surface area contributed by atoms with Crippen molar-refractivity contribution in [3.05, 3.63) is 71.5 Å². The van der Waals surface area contributed by atoms with Crippen molar-refractivity contribution in [3.8, 4) is 0 Å². The number of carbonyl (C=O) groups is 1. The molecule has 5 rings (SSSR count). The number of hydrogen-bond donors (Lipinski definition) is 4. The topological polar surface area (TPSA) is 95.8 Å². The highest BCUT2D eigenvalue weighted by atomic mass is 16.2. The smallest absolute Gasteiger partial charge is 0.237 e. The van der Waals surface area contributed by atoms with E-state index in [9.17, 15) is 4.79 Å². The van der Waals surface area contributed by atoms with E-state index in [1.165, 1.54) is 29.8 Å². The largest absolute Gasteiger partial charge is 0.382 e. The molecular weight excluding hydrogens is 398 g/mol. The van der Waals surface area contributed by atoms with Gasteiger partial charge in [-0.25, -0.2) is 0 Å². The van der Waals surface area contributed by atoms with Gasteiger partial charge < -0.3 is 21.4 Å². The number of para-hydroxylation sites is 2. The first kappa shape index (κ1) is 20.5. The standard InChI is InChI=1S/C26H29N5O/c27-21(15-17-16-30-22-10-4-1-7-18(17)22)26(32)29-14-13-28-25-19-8-2-5-11-23(19)31-24-12-6-3-9-20(24)25/h1-2,4-5,7-8,10-11,16,21,30H,3,6,9,12-15,27H2,(H,28,31)(H,29,32). The molecule has 0 fully saturated rings. The van der Waals surface area contributed by atoms with Gasteiger partial charge in [-0.1, -0.05) is 36.4 Å². The number of pyridine rings is 1. The van der Waals surface area contributed by atoms with Gasteiger partial charge in [-0.3, -0.25) is 9.78 Å². The van der Waals surface area contributed by atoms with E-state index in [1.807, 2.05) is 30.5 Å². The van der Waals surface area contributed by atoms with Crippen LogP contribution in [0.3, 0.4) is 0 Å². The van der Waals surface area contributed by atoms with Crippen molar-refractivity contribution < 1.29 is 4.79 Å². The van der Waals surface area contributed by atoms with Crippen molar-refractivity contribution in [2.45, 2.75) is 38.1 Å². The van der Waals surface area contributed by atoms with Crippen LogP contribution in [0.2, 0.25) is 0 Å². The molecule has 164 valence electrons. The minimum Gasteiger partial charge on any atom is -0.382 e. The number of aromatic nitrogens is 2. The maximum Gasteiger partial charge on any atom is 0.237 e. The minimum absolute atomic E-state index is 0.126. The van der Waals surface area contributed by atoms with Crippen molar-refractivity contribution in [2.24, 2.45) is 5.73 Å². The molecule has 0 spiro atoms. The zero-order valence-electron chi connectivity index (χ0n) is 18.2. The van der Waals surface area contributed by atoms with Crippen LogP contribution in [0.25, 0.3) is 21.8 Å². The molecule has 1 atom stereocenters. The molecule has 2 aromatic carbocycles. The number of nitrogens with zero attached hydrogens (tertiary/aromatic N) is 1. The van der Waals surface area contributed by atoms with Crippen LogP contribution >= 0.6 is 0 Å². The molecule has 2 heterocycles. The van der Waals surface area contributed by atoms with Crippen molar-refractivity contribution >= 4 is 33.4 Å². The lowest BCUT2D eigenvalue weighted by Crippen LogP contribution is -2.43. The number of nitrogens with two attached hydrogens (primary N) is 1. The molecule has 32 heavy (non-hydrogen) atoms. The van der Waals surface area contributed by atoms with Crippen LogP contribution in [-0.4, -0.2) is 35.0 Å². The van der Waals surface area contributed by atoms with Crippen molar-refractivity contribution in [2.75, 3.05) is 18.4 Å². The number of rotatable bonds is 7. The SMILES string of the molecule is NC(Cc1c[nH]c2ccccc12)C(=O)NCCNc1c2c(nc3ccccc13)CCCC2. The Hall–Kier alpha value is -3.38. The summed E-state index contributed by atoms with van der Waals surface area (Å²) in [5.74, 6) is -0.126. The van der Waals surface area contributed by atoms with Crippen LogP contribution < -0.4 is 16.4 Å². The quantitative estimate of drug-likeness (QED) is 0.338. The molecule has 6 nitrogen and oxygen atoms in total. The Kier molecular flexibility index (Phi) is 5.77. The van der Waals surface area contributed by atoms with Crippen LogP contribution in [0.1, 0.15) is 29.7 Å². The molecule has 1 aliphatic rings. The second kappa shape index (κ2) is 9.01. The summed E-state index contributed by atoms with van der Waals surface area (Å²) in [5.41, 5.74) is 13.1. The molecule has 0 aliphatic heterocycles. The van der Waals surface area contributed by atoms with Gasteiger partial charge in [0.1, 0.15) is 0 Å². The molecule has 6 heteroatoms. The molecule has 4 aromatic rings. The summed E-state index contributed by atoms with van der Waals surface area (Å²) >= 11 is 0. The van der Waals surface area contributed by atoms with E-state index in [2.05, 4.69) is 39.9 Å². The molecule has 2 aromatic heterocycles. The highest BCUT2D eigenvalue weighted by Crippen LogP contribution is 2.33. The zero-order chi connectivity index (χ0) is 21.9.